The molecule has 154 valence electrons. The van der Waals surface area contributed by atoms with Gasteiger partial charge in [-0.1, -0.05) is 30.3 Å². The lowest BCUT2D eigenvalue weighted by Gasteiger charge is -2.32. The van der Waals surface area contributed by atoms with Crippen LogP contribution in [0.25, 0.3) is 11.0 Å². The number of nitrogens with zero attached hydrogens (tertiary/aromatic N) is 5. The van der Waals surface area contributed by atoms with Gasteiger partial charge in [-0.2, -0.15) is 5.26 Å². The fourth-order valence-corrected chi connectivity index (χ4v) is 4.69. The highest BCUT2D eigenvalue weighted by Crippen LogP contribution is 2.33. The molecule has 5 rings (SSSR count). The van der Waals surface area contributed by atoms with Gasteiger partial charge in [-0.3, -0.25) is 9.88 Å². The van der Waals surface area contributed by atoms with Gasteiger partial charge in [0.15, 0.2) is 0 Å². The van der Waals surface area contributed by atoms with Gasteiger partial charge in [-0.05, 0) is 67.8 Å². The van der Waals surface area contributed by atoms with E-state index in [9.17, 15) is 5.26 Å². The number of fused-ring (bicyclic) bond motifs is 2. The highest BCUT2D eigenvalue weighted by Gasteiger charge is 2.26. The van der Waals surface area contributed by atoms with Crippen LogP contribution in [0.4, 0.5) is 0 Å². The average Bonchev–Trinajstić information content (AvgIpc) is 3.15. The third-order valence-electron chi connectivity index (χ3n) is 6.22. The molecule has 4 aromatic rings. The highest BCUT2D eigenvalue weighted by molar-refractivity contribution is 5.76. The molecule has 0 amide bonds. The number of para-hydroxylation sites is 2. The van der Waals surface area contributed by atoms with E-state index in [-0.39, 0.29) is 0 Å². The average molecular weight is 408 g/mol. The van der Waals surface area contributed by atoms with Gasteiger partial charge in [-0.15, -0.1) is 0 Å². The molecule has 1 aliphatic rings. The van der Waals surface area contributed by atoms with Crippen molar-refractivity contribution in [3.63, 3.8) is 0 Å². The Hall–Kier alpha value is -3.49. The van der Waals surface area contributed by atoms with Crippen LogP contribution in [0.1, 0.15) is 47.1 Å². The summed E-state index contributed by atoms with van der Waals surface area (Å²) >= 11 is 0. The van der Waals surface area contributed by atoms with Crippen LogP contribution in [0.3, 0.4) is 0 Å². The molecular formula is C26H25N5. The second-order valence-electron chi connectivity index (χ2n) is 8.29. The van der Waals surface area contributed by atoms with Gasteiger partial charge in [0.05, 0.1) is 40.9 Å². The number of hydrogen-bond donors (Lipinski definition) is 0. The molecule has 0 fully saturated rings. The molecule has 0 saturated carbocycles. The maximum absolute atomic E-state index is 9.28. The Morgan fingerprint density at radius 1 is 1.13 bits per heavy atom. The summed E-state index contributed by atoms with van der Waals surface area (Å²) in [7, 11) is 2.18. The molecule has 2 aromatic heterocycles. The minimum absolute atomic E-state index is 0.306. The van der Waals surface area contributed by atoms with E-state index in [1.54, 1.807) is 0 Å². The zero-order chi connectivity index (χ0) is 21.2. The minimum Gasteiger partial charge on any atom is -0.322 e. The molecule has 0 aliphatic heterocycles. The second kappa shape index (κ2) is 8.33. The first-order valence-corrected chi connectivity index (χ1v) is 10.8. The van der Waals surface area contributed by atoms with Crippen LogP contribution in [0.2, 0.25) is 0 Å². The number of nitriles is 1. The molecule has 5 nitrogen and oxygen atoms in total. The standard InChI is InChI=1S/C26H25N5/c1-30(24-13-5-9-21-10-6-14-28-26(21)24)18-25-29-22-11-2-3-12-23(22)31(25)17-20-8-4-7-19(15-20)16-27/h2-4,6-8,10-12,14-15,24H,5,9,13,17-18H2,1H3. The number of hydrogen-bond acceptors (Lipinski definition) is 4. The van der Waals surface area contributed by atoms with Crippen LogP contribution in [0.15, 0.2) is 66.9 Å². The zero-order valence-electron chi connectivity index (χ0n) is 17.7. The van der Waals surface area contributed by atoms with E-state index >= 15 is 0 Å². The zero-order valence-corrected chi connectivity index (χ0v) is 17.7. The first-order valence-electron chi connectivity index (χ1n) is 10.8. The minimum atomic E-state index is 0.306. The van der Waals surface area contributed by atoms with Crippen molar-refractivity contribution in [1.29, 1.82) is 5.26 Å². The van der Waals surface area contributed by atoms with Crippen LogP contribution < -0.4 is 0 Å². The van der Waals surface area contributed by atoms with Crippen molar-refractivity contribution < 1.29 is 0 Å². The molecule has 2 aromatic carbocycles. The molecule has 0 N–H and O–H groups in total. The monoisotopic (exact) mass is 407 g/mol. The summed E-state index contributed by atoms with van der Waals surface area (Å²) in [6.07, 6.45) is 5.32. The second-order valence-corrected chi connectivity index (χ2v) is 8.29. The lowest BCUT2D eigenvalue weighted by atomic mass is 9.91. The van der Waals surface area contributed by atoms with Gasteiger partial charge in [0.1, 0.15) is 5.82 Å². The van der Waals surface area contributed by atoms with Crippen molar-refractivity contribution in [2.24, 2.45) is 0 Å². The van der Waals surface area contributed by atoms with Crippen molar-refractivity contribution in [3.05, 3.63) is 95.1 Å². The van der Waals surface area contributed by atoms with Crippen LogP contribution in [-0.2, 0) is 19.5 Å². The molecule has 0 spiro atoms. The molecule has 0 radical (unpaired) electrons. The van der Waals surface area contributed by atoms with Crippen LogP contribution in [0, 0.1) is 11.3 Å². The lowest BCUT2D eigenvalue weighted by Crippen LogP contribution is -2.29. The predicted octanol–water partition coefficient (Wildman–Crippen LogP) is 4.86. The maximum atomic E-state index is 9.28. The first kappa shape index (κ1) is 19.5. The summed E-state index contributed by atoms with van der Waals surface area (Å²) in [6, 6.07) is 22.9. The predicted molar refractivity (Wildman–Crippen MR) is 121 cm³/mol. The summed E-state index contributed by atoms with van der Waals surface area (Å²) in [5, 5.41) is 9.28. The van der Waals surface area contributed by atoms with E-state index in [1.165, 1.54) is 17.7 Å². The lowest BCUT2D eigenvalue weighted by molar-refractivity contribution is 0.202. The quantitative estimate of drug-likeness (QED) is 0.474. The van der Waals surface area contributed by atoms with Gasteiger partial charge < -0.3 is 4.57 Å². The molecule has 0 saturated heterocycles. The van der Waals surface area contributed by atoms with E-state index in [0.717, 1.165) is 41.8 Å². The SMILES string of the molecule is CN(Cc1nc2ccccc2n1Cc1cccc(C#N)c1)C1CCCc2cccnc21. The van der Waals surface area contributed by atoms with Gasteiger partial charge in [0, 0.05) is 12.7 Å². The molecule has 1 atom stereocenters. The van der Waals surface area contributed by atoms with Crippen molar-refractivity contribution in [2.45, 2.75) is 38.4 Å². The number of imidazole rings is 1. The van der Waals surface area contributed by atoms with E-state index in [0.29, 0.717) is 18.2 Å². The van der Waals surface area contributed by atoms with Crippen LogP contribution in [-0.4, -0.2) is 26.5 Å². The van der Waals surface area contributed by atoms with Gasteiger partial charge in [0.25, 0.3) is 0 Å². The largest absolute Gasteiger partial charge is 0.322 e. The molecule has 2 heterocycles. The van der Waals surface area contributed by atoms with Crippen molar-refractivity contribution in [2.75, 3.05) is 7.05 Å². The molecule has 1 aliphatic carbocycles. The number of benzene rings is 2. The Morgan fingerprint density at radius 3 is 2.94 bits per heavy atom. The number of rotatable bonds is 5. The number of aryl methyl sites for hydroxylation is 1. The molecular weight excluding hydrogens is 382 g/mol. The van der Waals surface area contributed by atoms with Gasteiger partial charge in [0.2, 0.25) is 0 Å². The fourth-order valence-electron chi connectivity index (χ4n) is 4.69. The van der Waals surface area contributed by atoms with E-state index in [1.807, 2.05) is 36.5 Å². The Bertz CT molecular complexity index is 1270. The normalized spacial score (nSPS) is 15.7. The van der Waals surface area contributed by atoms with E-state index in [4.69, 9.17) is 9.97 Å². The maximum Gasteiger partial charge on any atom is 0.124 e. The fraction of sp³-hybridized carbons (Fsp3) is 0.269. The van der Waals surface area contributed by atoms with Crippen LogP contribution in [0.5, 0.6) is 0 Å². The molecule has 1 unspecified atom stereocenters. The highest BCUT2D eigenvalue weighted by atomic mass is 15.2. The summed E-state index contributed by atoms with van der Waals surface area (Å²) in [6.45, 7) is 1.44. The van der Waals surface area contributed by atoms with Gasteiger partial charge in [-0.25, -0.2) is 4.98 Å². The summed E-state index contributed by atoms with van der Waals surface area (Å²) in [5.74, 6) is 1.04. The van der Waals surface area contributed by atoms with Crippen molar-refractivity contribution >= 4 is 11.0 Å². The topological polar surface area (TPSA) is 57.7 Å². The summed E-state index contributed by atoms with van der Waals surface area (Å²) in [4.78, 5) is 12.1. The number of aromatic nitrogens is 3. The Morgan fingerprint density at radius 2 is 2.03 bits per heavy atom. The van der Waals surface area contributed by atoms with E-state index < -0.39 is 0 Å². The first-order chi connectivity index (χ1) is 15.2. The van der Waals surface area contributed by atoms with Crippen molar-refractivity contribution in [3.8, 4) is 6.07 Å². The smallest absolute Gasteiger partial charge is 0.124 e. The summed E-state index contributed by atoms with van der Waals surface area (Å²) in [5.41, 5.74) is 6.49. The molecule has 31 heavy (non-hydrogen) atoms. The molecule has 5 heteroatoms. The number of pyridine rings is 1. The third-order valence-corrected chi connectivity index (χ3v) is 6.22. The van der Waals surface area contributed by atoms with Crippen molar-refractivity contribution in [1.82, 2.24) is 19.4 Å². The van der Waals surface area contributed by atoms with E-state index in [2.05, 4.69) is 52.9 Å². The summed E-state index contributed by atoms with van der Waals surface area (Å²) < 4.78 is 2.28. The Balaban J connectivity index is 1.49. The Kier molecular flexibility index (Phi) is 5.23. The third kappa shape index (κ3) is 3.83. The molecule has 0 bridgehead atoms. The Labute approximate surface area is 182 Å². The van der Waals surface area contributed by atoms with Crippen LogP contribution >= 0.6 is 0 Å². The van der Waals surface area contributed by atoms with Gasteiger partial charge >= 0.3 is 0 Å².